The molecule has 3 nitrogen and oxygen atoms in total. The molecule has 3 heteroatoms. The molecule has 0 N–H and O–H groups in total. The van der Waals surface area contributed by atoms with E-state index in [-0.39, 0.29) is 52.9 Å². The molecule has 3 fully saturated rings. The van der Waals surface area contributed by atoms with Crippen molar-refractivity contribution < 1.29 is 14.4 Å². The number of carbonyl (C=O) groups is 3. The van der Waals surface area contributed by atoms with Crippen molar-refractivity contribution in [1.29, 1.82) is 0 Å². The van der Waals surface area contributed by atoms with Gasteiger partial charge in [0, 0.05) is 35.2 Å². The van der Waals surface area contributed by atoms with Gasteiger partial charge in [0.15, 0.2) is 5.78 Å². The van der Waals surface area contributed by atoms with Gasteiger partial charge in [0.25, 0.3) is 0 Å². The van der Waals surface area contributed by atoms with Crippen LogP contribution in [-0.2, 0) is 9.59 Å². The standard InChI is InChI=1S/C27H24O3/c1-16-23-20(14-15-22(28)18-10-6-3-7-11-18)24-19(17-8-4-2-5-9-17)12-13-21(27(23)30)25(24)26(16)29/h2-12,14-16,20-21,23-25H,13H2,1H3/b15-14+/t16-,20-,21+,23+,24+,25+/m0/s1. The first-order valence-corrected chi connectivity index (χ1v) is 10.7. The fraction of sp³-hybridized carbons (Fsp3) is 0.296. The normalized spacial score (nSPS) is 32.4. The number of hydrogen-bond donors (Lipinski definition) is 0. The first-order valence-electron chi connectivity index (χ1n) is 10.7. The molecule has 4 aliphatic rings. The van der Waals surface area contributed by atoms with Gasteiger partial charge in [-0.2, -0.15) is 0 Å². The number of carbonyl (C=O) groups excluding carboxylic acids is 3. The van der Waals surface area contributed by atoms with E-state index in [0.717, 1.165) is 11.1 Å². The van der Waals surface area contributed by atoms with E-state index >= 15 is 0 Å². The molecule has 0 aliphatic heterocycles. The maximum Gasteiger partial charge on any atom is 0.185 e. The van der Waals surface area contributed by atoms with Gasteiger partial charge in [-0.1, -0.05) is 79.7 Å². The lowest BCUT2D eigenvalue weighted by Gasteiger charge is -2.55. The molecule has 0 unspecified atom stereocenters. The summed E-state index contributed by atoms with van der Waals surface area (Å²) in [6.07, 6.45) is 6.31. The lowest BCUT2D eigenvalue weighted by molar-refractivity contribution is -0.159. The molecule has 0 spiro atoms. The van der Waals surface area contributed by atoms with Crippen LogP contribution in [0.25, 0.3) is 5.57 Å². The molecule has 4 aliphatic carbocycles. The summed E-state index contributed by atoms with van der Waals surface area (Å²) in [6, 6.07) is 19.3. The highest BCUT2D eigenvalue weighted by molar-refractivity contribution is 6.06. The second kappa shape index (κ2) is 7.32. The summed E-state index contributed by atoms with van der Waals surface area (Å²) in [5, 5.41) is 0. The first kappa shape index (κ1) is 18.9. The minimum absolute atomic E-state index is 0.0441. The van der Waals surface area contributed by atoms with Crippen LogP contribution in [0.2, 0.25) is 0 Å². The van der Waals surface area contributed by atoms with Crippen LogP contribution in [0.3, 0.4) is 0 Å². The Kier molecular flexibility index (Phi) is 4.62. The van der Waals surface area contributed by atoms with E-state index in [0.29, 0.717) is 12.0 Å². The van der Waals surface area contributed by atoms with E-state index in [9.17, 15) is 14.4 Å². The number of fused-ring (bicyclic) bond motifs is 1. The van der Waals surface area contributed by atoms with Crippen LogP contribution in [0.1, 0.15) is 29.3 Å². The maximum atomic E-state index is 13.2. The fourth-order valence-electron chi connectivity index (χ4n) is 5.89. The molecule has 2 aromatic rings. The highest BCUT2D eigenvalue weighted by Crippen LogP contribution is 2.58. The first-order chi connectivity index (χ1) is 14.6. The maximum absolute atomic E-state index is 13.2. The smallest absolute Gasteiger partial charge is 0.185 e. The summed E-state index contributed by atoms with van der Waals surface area (Å²) in [5.41, 5.74) is 2.89. The third kappa shape index (κ3) is 2.84. The summed E-state index contributed by atoms with van der Waals surface area (Å²) in [6.45, 7) is 1.89. The Bertz CT molecular complexity index is 1060. The molecule has 0 radical (unpaired) electrons. The van der Waals surface area contributed by atoms with Gasteiger partial charge in [0.1, 0.15) is 11.6 Å². The van der Waals surface area contributed by atoms with Gasteiger partial charge < -0.3 is 0 Å². The van der Waals surface area contributed by atoms with Crippen molar-refractivity contribution in [2.45, 2.75) is 13.3 Å². The Morgan fingerprint density at radius 3 is 2.23 bits per heavy atom. The predicted octanol–water partition coefficient (Wildman–Crippen LogP) is 4.80. The lowest BCUT2D eigenvalue weighted by atomic mass is 9.46. The predicted molar refractivity (Wildman–Crippen MR) is 116 cm³/mol. The van der Waals surface area contributed by atoms with Crippen LogP contribution in [0, 0.1) is 35.5 Å². The zero-order valence-electron chi connectivity index (χ0n) is 16.9. The number of benzene rings is 2. The van der Waals surface area contributed by atoms with Gasteiger partial charge in [-0.3, -0.25) is 14.4 Å². The Balaban J connectivity index is 1.56. The van der Waals surface area contributed by atoms with E-state index in [4.69, 9.17) is 0 Å². The molecule has 0 aromatic heterocycles. The molecular formula is C27H24O3. The topological polar surface area (TPSA) is 51.2 Å². The Hall–Kier alpha value is -3.07. The number of Topliss-reactive ketones (excluding diaryl/α,β-unsaturated/α-hetero) is 2. The summed E-state index contributed by atoms with van der Waals surface area (Å²) >= 11 is 0. The van der Waals surface area contributed by atoms with Gasteiger partial charge >= 0.3 is 0 Å². The third-order valence-corrected chi connectivity index (χ3v) is 7.25. The molecule has 0 amide bonds. The molecule has 4 bridgehead atoms. The van der Waals surface area contributed by atoms with Crippen LogP contribution in [-0.4, -0.2) is 17.3 Å². The quantitative estimate of drug-likeness (QED) is 0.551. The second-order valence-corrected chi connectivity index (χ2v) is 8.71. The van der Waals surface area contributed by atoms with Crippen molar-refractivity contribution in [3.63, 3.8) is 0 Å². The SMILES string of the molecule is C[C@@H]1C(=O)[C@H]2[C@@H]3C(c4ccccc4)=CC[C@H]2C(=O)[C@H]1[C@@H]3/C=C/C(=O)c1ccccc1. The van der Waals surface area contributed by atoms with E-state index in [2.05, 4.69) is 18.2 Å². The van der Waals surface area contributed by atoms with E-state index in [1.807, 2.05) is 49.4 Å². The molecule has 30 heavy (non-hydrogen) atoms. The Labute approximate surface area is 176 Å². The molecule has 6 atom stereocenters. The minimum Gasteiger partial charge on any atom is -0.299 e. The van der Waals surface area contributed by atoms with Gasteiger partial charge in [-0.05, 0) is 29.6 Å². The highest BCUT2D eigenvalue weighted by atomic mass is 16.1. The third-order valence-electron chi connectivity index (χ3n) is 7.25. The molecule has 2 aromatic carbocycles. The number of rotatable bonds is 4. The van der Waals surface area contributed by atoms with Gasteiger partial charge in [0.05, 0.1) is 0 Å². The number of ketones is 3. The molecule has 150 valence electrons. The van der Waals surface area contributed by atoms with Crippen molar-refractivity contribution in [3.8, 4) is 0 Å². The number of hydrogen-bond acceptors (Lipinski definition) is 3. The molecule has 0 heterocycles. The van der Waals surface area contributed by atoms with Crippen molar-refractivity contribution >= 4 is 22.9 Å². The van der Waals surface area contributed by atoms with E-state index in [1.54, 1.807) is 18.2 Å². The Morgan fingerprint density at radius 1 is 0.867 bits per heavy atom. The minimum atomic E-state index is -0.343. The molecule has 0 saturated heterocycles. The summed E-state index contributed by atoms with van der Waals surface area (Å²) in [7, 11) is 0. The van der Waals surface area contributed by atoms with E-state index in [1.165, 1.54) is 0 Å². The van der Waals surface area contributed by atoms with Crippen LogP contribution >= 0.6 is 0 Å². The Morgan fingerprint density at radius 2 is 1.53 bits per heavy atom. The van der Waals surface area contributed by atoms with Crippen molar-refractivity contribution in [2.24, 2.45) is 35.5 Å². The second-order valence-electron chi connectivity index (χ2n) is 8.71. The van der Waals surface area contributed by atoms with Crippen LogP contribution in [0.4, 0.5) is 0 Å². The largest absolute Gasteiger partial charge is 0.299 e. The fourth-order valence-corrected chi connectivity index (χ4v) is 5.89. The monoisotopic (exact) mass is 396 g/mol. The van der Waals surface area contributed by atoms with Crippen LogP contribution in [0.15, 0.2) is 78.9 Å². The van der Waals surface area contributed by atoms with Gasteiger partial charge in [-0.15, -0.1) is 0 Å². The molecule has 3 saturated carbocycles. The van der Waals surface area contributed by atoms with Crippen LogP contribution in [0.5, 0.6) is 0 Å². The summed E-state index contributed by atoms with van der Waals surface area (Å²) in [5.74, 6) is -0.936. The lowest BCUT2D eigenvalue weighted by Crippen LogP contribution is -2.60. The number of allylic oxidation sites excluding steroid dienone is 4. The summed E-state index contributed by atoms with van der Waals surface area (Å²) in [4.78, 5) is 39.1. The van der Waals surface area contributed by atoms with Crippen LogP contribution < -0.4 is 0 Å². The van der Waals surface area contributed by atoms with Crippen molar-refractivity contribution in [1.82, 2.24) is 0 Å². The summed E-state index contributed by atoms with van der Waals surface area (Å²) < 4.78 is 0. The van der Waals surface area contributed by atoms with Crippen molar-refractivity contribution in [2.75, 3.05) is 0 Å². The van der Waals surface area contributed by atoms with Gasteiger partial charge in [-0.25, -0.2) is 0 Å². The molecule has 6 rings (SSSR count). The average Bonchev–Trinajstić information content (AvgIpc) is 2.79. The van der Waals surface area contributed by atoms with Gasteiger partial charge in [0.2, 0.25) is 0 Å². The zero-order chi connectivity index (χ0) is 20.8. The average molecular weight is 396 g/mol. The highest BCUT2D eigenvalue weighted by Gasteiger charge is 2.61. The van der Waals surface area contributed by atoms with E-state index < -0.39 is 0 Å². The zero-order valence-corrected chi connectivity index (χ0v) is 16.9. The van der Waals surface area contributed by atoms with Crippen molar-refractivity contribution in [3.05, 3.63) is 90.0 Å². The molecular weight excluding hydrogens is 372 g/mol.